The molecule has 4 heterocycles. The Morgan fingerprint density at radius 3 is 2.57 bits per heavy atom. The molecule has 2 aliphatic rings. The predicted molar refractivity (Wildman–Crippen MR) is 138 cm³/mol. The minimum Gasteiger partial charge on any atom is -0.461 e. The van der Waals surface area contributed by atoms with Crippen LogP contribution < -0.4 is 9.64 Å². The highest BCUT2D eigenvalue weighted by atomic mass is 35.5. The van der Waals surface area contributed by atoms with Crippen molar-refractivity contribution in [2.24, 2.45) is 0 Å². The van der Waals surface area contributed by atoms with E-state index in [0.29, 0.717) is 28.4 Å². The first-order valence-electron chi connectivity index (χ1n) is 12.1. The second kappa shape index (κ2) is 8.57. The molecule has 6 nitrogen and oxygen atoms in total. The number of anilines is 1. The standard InChI is InChI=1S/C27H27ClFN5O/c1-33(2)25-19-15-30-23(18-9-3-7-17-8-4-10-20(28)21(17)18)22(29)24(19)31-26(32-25)35-16-27-11-5-13-34(27)14-6-12-27/h3-4,7-10,15H,5-6,11-14,16H2,1-2H3. The van der Waals surface area contributed by atoms with Crippen molar-refractivity contribution in [1.82, 2.24) is 19.9 Å². The SMILES string of the molecule is CN(C)c1nc(OCC23CCCN2CCC3)nc2c(F)c(-c3cccc4cccc(Cl)c34)ncc12. The molecule has 180 valence electrons. The second-order valence-electron chi connectivity index (χ2n) is 9.76. The average molecular weight is 492 g/mol. The van der Waals surface area contributed by atoms with Gasteiger partial charge in [0.2, 0.25) is 0 Å². The molecule has 0 unspecified atom stereocenters. The Kier molecular flexibility index (Phi) is 5.49. The van der Waals surface area contributed by atoms with Gasteiger partial charge in [0.1, 0.15) is 23.6 Å². The van der Waals surface area contributed by atoms with E-state index in [-0.39, 0.29) is 22.8 Å². The summed E-state index contributed by atoms with van der Waals surface area (Å²) in [5.41, 5.74) is 1.09. The van der Waals surface area contributed by atoms with Gasteiger partial charge >= 0.3 is 6.01 Å². The molecule has 0 aliphatic carbocycles. The monoisotopic (exact) mass is 491 g/mol. The van der Waals surface area contributed by atoms with Crippen LogP contribution in [0.1, 0.15) is 25.7 Å². The van der Waals surface area contributed by atoms with Crippen molar-refractivity contribution < 1.29 is 9.13 Å². The molecule has 4 aromatic rings. The molecule has 0 atom stereocenters. The van der Waals surface area contributed by atoms with Gasteiger partial charge in [-0.2, -0.15) is 9.97 Å². The maximum Gasteiger partial charge on any atom is 0.319 e. The zero-order valence-corrected chi connectivity index (χ0v) is 20.6. The highest BCUT2D eigenvalue weighted by Crippen LogP contribution is 2.40. The van der Waals surface area contributed by atoms with Crippen molar-refractivity contribution in [2.45, 2.75) is 31.2 Å². The van der Waals surface area contributed by atoms with E-state index in [2.05, 4.69) is 19.9 Å². The van der Waals surface area contributed by atoms with E-state index >= 15 is 4.39 Å². The molecule has 2 aromatic heterocycles. The number of hydrogen-bond acceptors (Lipinski definition) is 6. The third kappa shape index (κ3) is 3.69. The summed E-state index contributed by atoms with van der Waals surface area (Å²) in [6.07, 6.45) is 6.23. The highest BCUT2D eigenvalue weighted by Gasteiger charge is 2.45. The van der Waals surface area contributed by atoms with Crippen LogP contribution in [-0.4, -0.2) is 59.2 Å². The lowest BCUT2D eigenvalue weighted by atomic mass is 9.95. The van der Waals surface area contributed by atoms with E-state index in [1.54, 1.807) is 12.3 Å². The number of ether oxygens (including phenoxy) is 1. The van der Waals surface area contributed by atoms with Gasteiger partial charge in [-0.1, -0.05) is 41.9 Å². The lowest BCUT2D eigenvalue weighted by Crippen LogP contribution is -2.43. The number of aromatic nitrogens is 3. The van der Waals surface area contributed by atoms with E-state index in [1.807, 2.05) is 49.3 Å². The Morgan fingerprint density at radius 1 is 1.09 bits per heavy atom. The molecule has 0 saturated carbocycles. The average Bonchev–Trinajstić information content (AvgIpc) is 3.43. The van der Waals surface area contributed by atoms with Crippen molar-refractivity contribution in [2.75, 3.05) is 38.7 Å². The van der Waals surface area contributed by atoms with Crippen LogP contribution in [0.25, 0.3) is 32.9 Å². The molecule has 0 spiro atoms. The van der Waals surface area contributed by atoms with Gasteiger partial charge < -0.3 is 9.64 Å². The van der Waals surface area contributed by atoms with Gasteiger partial charge in [0.25, 0.3) is 0 Å². The van der Waals surface area contributed by atoms with E-state index in [4.69, 9.17) is 16.3 Å². The lowest BCUT2D eigenvalue weighted by molar-refractivity contribution is 0.108. The third-order valence-electron chi connectivity index (χ3n) is 7.46. The molecular weight excluding hydrogens is 465 g/mol. The molecular formula is C27H27ClFN5O. The highest BCUT2D eigenvalue weighted by molar-refractivity contribution is 6.36. The Labute approximate surface area is 208 Å². The van der Waals surface area contributed by atoms with Crippen molar-refractivity contribution in [1.29, 1.82) is 0 Å². The van der Waals surface area contributed by atoms with Crippen LogP contribution in [-0.2, 0) is 0 Å². The number of benzene rings is 2. The molecule has 2 fully saturated rings. The van der Waals surface area contributed by atoms with Gasteiger partial charge in [0, 0.05) is 36.3 Å². The molecule has 8 heteroatoms. The normalized spacial score (nSPS) is 17.3. The molecule has 2 saturated heterocycles. The summed E-state index contributed by atoms with van der Waals surface area (Å²) in [5, 5.41) is 2.78. The molecule has 2 aliphatic heterocycles. The minimum absolute atomic E-state index is 0.0538. The van der Waals surface area contributed by atoms with Crippen molar-refractivity contribution in [3.05, 3.63) is 53.4 Å². The maximum absolute atomic E-state index is 16.1. The fourth-order valence-corrected chi connectivity index (χ4v) is 6.05. The van der Waals surface area contributed by atoms with Gasteiger partial charge in [0.05, 0.1) is 10.9 Å². The summed E-state index contributed by atoms with van der Waals surface area (Å²) in [6.45, 7) is 2.74. The van der Waals surface area contributed by atoms with Crippen LogP contribution >= 0.6 is 11.6 Å². The lowest BCUT2D eigenvalue weighted by Gasteiger charge is -2.31. The quantitative estimate of drug-likeness (QED) is 0.356. The van der Waals surface area contributed by atoms with Crippen LogP contribution in [0, 0.1) is 5.82 Å². The Balaban J connectivity index is 1.46. The van der Waals surface area contributed by atoms with Gasteiger partial charge in [-0.3, -0.25) is 9.88 Å². The summed E-state index contributed by atoms with van der Waals surface area (Å²) < 4.78 is 22.3. The molecule has 0 bridgehead atoms. The minimum atomic E-state index is -0.508. The zero-order chi connectivity index (χ0) is 24.2. The van der Waals surface area contributed by atoms with E-state index < -0.39 is 5.82 Å². The summed E-state index contributed by atoms with van der Waals surface area (Å²) in [5.74, 6) is 0.0675. The van der Waals surface area contributed by atoms with Crippen LogP contribution in [0.2, 0.25) is 5.02 Å². The molecule has 0 amide bonds. The summed E-state index contributed by atoms with van der Waals surface area (Å²) >= 11 is 6.52. The van der Waals surface area contributed by atoms with E-state index in [1.165, 1.54) is 12.8 Å². The topological polar surface area (TPSA) is 54.4 Å². The Bertz CT molecular complexity index is 1430. The van der Waals surface area contributed by atoms with Gasteiger partial charge in [-0.05, 0) is 50.2 Å². The van der Waals surface area contributed by atoms with E-state index in [0.717, 1.165) is 36.7 Å². The van der Waals surface area contributed by atoms with Gasteiger partial charge in [0.15, 0.2) is 5.82 Å². The molecule has 35 heavy (non-hydrogen) atoms. The number of pyridine rings is 1. The molecule has 6 rings (SSSR count). The Morgan fingerprint density at radius 2 is 1.83 bits per heavy atom. The number of fused-ring (bicyclic) bond motifs is 3. The smallest absolute Gasteiger partial charge is 0.319 e. The fourth-order valence-electron chi connectivity index (χ4n) is 5.77. The fraction of sp³-hybridized carbons (Fsp3) is 0.370. The van der Waals surface area contributed by atoms with Crippen LogP contribution in [0.15, 0.2) is 42.6 Å². The number of hydrogen-bond donors (Lipinski definition) is 0. The molecule has 0 radical (unpaired) electrons. The molecule has 2 aromatic carbocycles. The summed E-state index contributed by atoms with van der Waals surface area (Å²) in [7, 11) is 3.74. The number of rotatable bonds is 5. The van der Waals surface area contributed by atoms with Crippen LogP contribution in [0.3, 0.4) is 0 Å². The first-order valence-corrected chi connectivity index (χ1v) is 12.4. The maximum atomic E-state index is 16.1. The van der Waals surface area contributed by atoms with Crippen molar-refractivity contribution >= 4 is 39.1 Å². The number of nitrogens with zero attached hydrogens (tertiary/aromatic N) is 5. The van der Waals surface area contributed by atoms with Crippen LogP contribution in [0.4, 0.5) is 10.2 Å². The first-order chi connectivity index (χ1) is 17.0. The predicted octanol–water partition coefficient (Wildman–Crippen LogP) is 5.71. The Hall–Kier alpha value is -3.03. The first kappa shape index (κ1) is 22.4. The summed E-state index contributed by atoms with van der Waals surface area (Å²) in [4.78, 5) is 18.0. The second-order valence-corrected chi connectivity index (χ2v) is 10.2. The number of halogens is 2. The van der Waals surface area contributed by atoms with Crippen LogP contribution in [0.5, 0.6) is 6.01 Å². The molecule has 0 N–H and O–H groups in total. The van der Waals surface area contributed by atoms with Crippen molar-refractivity contribution in [3.8, 4) is 17.3 Å². The summed E-state index contributed by atoms with van der Waals surface area (Å²) in [6, 6.07) is 11.5. The largest absolute Gasteiger partial charge is 0.461 e. The van der Waals surface area contributed by atoms with Crippen molar-refractivity contribution in [3.63, 3.8) is 0 Å². The third-order valence-corrected chi connectivity index (χ3v) is 7.77. The van der Waals surface area contributed by atoms with E-state index in [9.17, 15) is 0 Å². The van der Waals surface area contributed by atoms with Gasteiger partial charge in [-0.15, -0.1) is 0 Å². The zero-order valence-electron chi connectivity index (χ0n) is 19.9. The van der Waals surface area contributed by atoms with Gasteiger partial charge in [-0.25, -0.2) is 4.39 Å².